The molecule has 0 saturated heterocycles. The average Bonchev–Trinajstić information content (AvgIpc) is 2.41. The summed E-state index contributed by atoms with van der Waals surface area (Å²) in [5.74, 6) is 0.661. The van der Waals surface area contributed by atoms with Crippen LogP contribution in [0.5, 0.6) is 0 Å². The van der Waals surface area contributed by atoms with Gasteiger partial charge in [0.15, 0.2) is 0 Å². The lowest BCUT2D eigenvalue weighted by Crippen LogP contribution is -2.13. The summed E-state index contributed by atoms with van der Waals surface area (Å²) in [5, 5.41) is 0. The molecule has 0 aliphatic rings. The molecule has 1 heterocycles. The molecular weight excluding hydrogens is 340 g/mol. The molecule has 2 rings (SSSR count). The van der Waals surface area contributed by atoms with E-state index in [0.717, 1.165) is 10.0 Å². The van der Waals surface area contributed by atoms with Crippen molar-refractivity contribution >= 4 is 31.8 Å². The summed E-state index contributed by atoms with van der Waals surface area (Å²) >= 11 is 3.25. The van der Waals surface area contributed by atoms with Crippen LogP contribution in [0.3, 0.4) is 0 Å². The number of anilines is 1. The third-order valence-corrected chi connectivity index (χ3v) is 4.66. The topological polar surface area (TPSA) is 59.1 Å². The molecule has 0 spiro atoms. The van der Waals surface area contributed by atoms with Crippen LogP contribution in [0.15, 0.2) is 52.0 Å². The lowest BCUT2D eigenvalue weighted by Gasteiger charge is -2.09. The Kier molecular flexibility index (Phi) is 4.45. The summed E-state index contributed by atoms with van der Waals surface area (Å²) in [6, 6.07) is 10.2. The fraction of sp³-hybridized carbons (Fsp3) is 0.214. The number of sulfonamides is 1. The molecule has 106 valence electrons. The molecule has 0 aliphatic carbocycles. The first-order chi connectivity index (χ1) is 9.38. The SMILES string of the molecule is CC(C)c1ccc(S(=O)(=O)Nc2ccc(Br)cn2)cc1. The number of benzene rings is 1. The first-order valence-corrected chi connectivity index (χ1v) is 8.40. The second-order valence-electron chi connectivity index (χ2n) is 4.69. The van der Waals surface area contributed by atoms with Crippen LogP contribution < -0.4 is 4.72 Å². The molecule has 0 radical (unpaired) electrons. The zero-order valence-electron chi connectivity index (χ0n) is 11.2. The Morgan fingerprint density at radius 2 is 1.75 bits per heavy atom. The van der Waals surface area contributed by atoms with Crippen LogP contribution in [-0.4, -0.2) is 13.4 Å². The molecule has 6 heteroatoms. The standard InChI is InChI=1S/C14H15BrN2O2S/c1-10(2)11-3-6-13(7-4-11)20(18,19)17-14-8-5-12(15)9-16-14/h3-10H,1-2H3,(H,16,17). The fourth-order valence-electron chi connectivity index (χ4n) is 1.66. The van der Waals surface area contributed by atoms with Gasteiger partial charge in [-0.05, 0) is 51.7 Å². The molecule has 1 aromatic heterocycles. The van der Waals surface area contributed by atoms with Crippen LogP contribution in [0.25, 0.3) is 0 Å². The van der Waals surface area contributed by atoms with E-state index >= 15 is 0 Å². The number of halogens is 1. The van der Waals surface area contributed by atoms with E-state index in [1.807, 2.05) is 12.1 Å². The Bertz CT molecular complexity index is 680. The van der Waals surface area contributed by atoms with Crippen LogP contribution in [0.1, 0.15) is 25.3 Å². The predicted octanol–water partition coefficient (Wildman–Crippen LogP) is 3.77. The smallest absolute Gasteiger partial charge is 0.263 e. The van der Waals surface area contributed by atoms with Crippen LogP contribution in [0.2, 0.25) is 0 Å². The quantitative estimate of drug-likeness (QED) is 0.908. The summed E-state index contributed by atoms with van der Waals surface area (Å²) in [6.07, 6.45) is 1.54. The highest BCUT2D eigenvalue weighted by Crippen LogP contribution is 2.19. The van der Waals surface area contributed by atoms with Crippen molar-refractivity contribution in [2.45, 2.75) is 24.7 Å². The summed E-state index contributed by atoms with van der Waals surface area (Å²) in [6.45, 7) is 4.13. The van der Waals surface area contributed by atoms with Gasteiger partial charge in [-0.25, -0.2) is 13.4 Å². The van der Waals surface area contributed by atoms with Crippen molar-refractivity contribution in [1.82, 2.24) is 4.98 Å². The number of pyridine rings is 1. The van der Waals surface area contributed by atoms with E-state index in [-0.39, 0.29) is 4.90 Å². The number of nitrogens with one attached hydrogen (secondary N) is 1. The molecule has 1 aromatic carbocycles. The van der Waals surface area contributed by atoms with E-state index in [1.165, 1.54) is 0 Å². The minimum atomic E-state index is -3.60. The minimum absolute atomic E-state index is 0.228. The fourth-order valence-corrected chi connectivity index (χ4v) is 2.91. The molecule has 0 amide bonds. The van der Waals surface area contributed by atoms with E-state index in [4.69, 9.17) is 0 Å². The molecule has 0 atom stereocenters. The highest BCUT2D eigenvalue weighted by Gasteiger charge is 2.14. The second-order valence-corrected chi connectivity index (χ2v) is 7.29. The van der Waals surface area contributed by atoms with Crippen molar-refractivity contribution in [2.75, 3.05) is 4.72 Å². The third kappa shape index (κ3) is 3.58. The Hall–Kier alpha value is -1.40. The van der Waals surface area contributed by atoms with Crippen LogP contribution in [0.4, 0.5) is 5.82 Å². The minimum Gasteiger partial charge on any atom is -0.263 e. The largest absolute Gasteiger partial charge is 0.263 e. The molecule has 2 aromatic rings. The molecule has 0 fully saturated rings. The van der Waals surface area contributed by atoms with E-state index in [1.54, 1.807) is 30.5 Å². The Labute approximate surface area is 127 Å². The van der Waals surface area contributed by atoms with Crippen LogP contribution in [-0.2, 0) is 10.0 Å². The molecule has 20 heavy (non-hydrogen) atoms. The van der Waals surface area contributed by atoms with Crippen LogP contribution >= 0.6 is 15.9 Å². The highest BCUT2D eigenvalue weighted by molar-refractivity contribution is 9.10. The zero-order chi connectivity index (χ0) is 14.8. The van der Waals surface area contributed by atoms with Crippen molar-refractivity contribution < 1.29 is 8.42 Å². The molecular formula is C14H15BrN2O2S. The maximum absolute atomic E-state index is 12.2. The van der Waals surface area contributed by atoms with E-state index in [0.29, 0.717) is 11.7 Å². The van der Waals surface area contributed by atoms with Crippen molar-refractivity contribution in [3.05, 3.63) is 52.6 Å². The van der Waals surface area contributed by atoms with Crippen LogP contribution in [0, 0.1) is 0 Å². The summed E-state index contributed by atoms with van der Waals surface area (Å²) < 4.78 is 27.7. The number of nitrogens with zero attached hydrogens (tertiary/aromatic N) is 1. The van der Waals surface area contributed by atoms with E-state index in [9.17, 15) is 8.42 Å². The van der Waals surface area contributed by atoms with E-state index in [2.05, 4.69) is 39.5 Å². The van der Waals surface area contributed by atoms with Crippen molar-refractivity contribution in [3.63, 3.8) is 0 Å². The van der Waals surface area contributed by atoms with Gasteiger partial charge < -0.3 is 0 Å². The van der Waals surface area contributed by atoms with Gasteiger partial charge >= 0.3 is 0 Å². The zero-order valence-corrected chi connectivity index (χ0v) is 13.6. The van der Waals surface area contributed by atoms with Gasteiger partial charge in [0.1, 0.15) is 5.82 Å². The Balaban J connectivity index is 2.23. The molecule has 0 bridgehead atoms. The van der Waals surface area contributed by atoms with Gasteiger partial charge in [0.2, 0.25) is 0 Å². The van der Waals surface area contributed by atoms with Gasteiger partial charge in [-0.15, -0.1) is 0 Å². The predicted molar refractivity (Wildman–Crippen MR) is 83.3 cm³/mol. The number of rotatable bonds is 4. The van der Waals surface area contributed by atoms with Gasteiger partial charge in [-0.2, -0.15) is 0 Å². The molecule has 0 aliphatic heterocycles. The average molecular weight is 355 g/mol. The normalized spacial score (nSPS) is 11.6. The third-order valence-electron chi connectivity index (χ3n) is 2.82. The summed E-state index contributed by atoms with van der Waals surface area (Å²) in [4.78, 5) is 4.23. The monoisotopic (exact) mass is 354 g/mol. The summed E-state index contributed by atoms with van der Waals surface area (Å²) in [7, 11) is -3.60. The summed E-state index contributed by atoms with van der Waals surface area (Å²) in [5.41, 5.74) is 1.10. The Morgan fingerprint density at radius 3 is 2.25 bits per heavy atom. The van der Waals surface area contributed by atoms with Gasteiger partial charge in [-0.3, -0.25) is 4.72 Å². The van der Waals surface area contributed by atoms with Gasteiger partial charge in [0.05, 0.1) is 4.90 Å². The molecule has 0 saturated carbocycles. The maximum atomic E-state index is 12.2. The van der Waals surface area contributed by atoms with Crippen molar-refractivity contribution in [3.8, 4) is 0 Å². The van der Waals surface area contributed by atoms with Crippen molar-refractivity contribution in [2.24, 2.45) is 0 Å². The number of hydrogen-bond acceptors (Lipinski definition) is 3. The first kappa shape index (κ1) is 15.0. The van der Waals surface area contributed by atoms with E-state index < -0.39 is 10.0 Å². The van der Waals surface area contributed by atoms with Gasteiger partial charge in [0, 0.05) is 10.7 Å². The van der Waals surface area contributed by atoms with Gasteiger partial charge in [0.25, 0.3) is 10.0 Å². The maximum Gasteiger partial charge on any atom is 0.263 e. The number of aromatic nitrogens is 1. The second kappa shape index (κ2) is 5.93. The highest BCUT2D eigenvalue weighted by atomic mass is 79.9. The molecule has 0 unspecified atom stereocenters. The molecule has 1 N–H and O–H groups in total. The lowest BCUT2D eigenvalue weighted by atomic mass is 10.0. The number of hydrogen-bond donors (Lipinski definition) is 1. The lowest BCUT2D eigenvalue weighted by molar-refractivity contribution is 0.601. The van der Waals surface area contributed by atoms with Gasteiger partial charge in [-0.1, -0.05) is 26.0 Å². The van der Waals surface area contributed by atoms with Crippen molar-refractivity contribution in [1.29, 1.82) is 0 Å². The first-order valence-electron chi connectivity index (χ1n) is 6.13. The molecule has 4 nitrogen and oxygen atoms in total. The Morgan fingerprint density at radius 1 is 1.10 bits per heavy atom.